The maximum Gasteiger partial charge on any atom is 0.238 e. The minimum atomic E-state index is 0.379. The first-order valence-electron chi connectivity index (χ1n) is 6.68. The Morgan fingerprint density at radius 1 is 1.29 bits per heavy atom. The van der Waals surface area contributed by atoms with Crippen LogP contribution in [0.15, 0.2) is 35.2 Å². The van der Waals surface area contributed by atoms with E-state index >= 15 is 0 Å². The molecule has 2 rings (SSSR count). The SMILES string of the molecule is CC(C)CNCc1cnc(Oc2cncc(Br)c2)c(Cl)c1. The van der Waals surface area contributed by atoms with Gasteiger partial charge in [0.05, 0.1) is 6.20 Å². The highest BCUT2D eigenvalue weighted by molar-refractivity contribution is 9.10. The van der Waals surface area contributed by atoms with Crippen LogP contribution in [0.25, 0.3) is 0 Å². The molecule has 21 heavy (non-hydrogen) atoms. The number of nitrogens with one attached hydrogen (secondary N) is 1. The first-order valence-corrected chi connectivity index (χ1v) is 7.85. The molecule has 0 aliphatic heterocycles. The van der Waals surface area contributed by atoms with Gasteiger partial charge in [0.1, 0.15) is 10.8 Å². The van der Waals surface area contributed by atoms with Crippen LogP contribution in [0.5, 0.6) is 11.6 Å². The summed E-state index contributed by atoms with van der Waals surface area (Å²) in [7, 11) is 0. The van der Waals surface area contributed by atoms with Crippen molar-refractivity contribution in [1.82, 2.24) is 15.3 Å². The second kappa shape index (κ2) is 7.73. The van der Waals surface area contributed by atoms with E-state index in [0.717, 1.165) is 23.1 Å². The fourth-order valence-corrected chi connectivity index (χ4v) is 2.27. The Balaban J connectivity index is 2.02. The van der Waals surface area contributed by atoms with E-state index in [0.29, 0.717) is 22.6 Å². The van der Waals surface area contributed by atoms with Crippen molar-refractivity contribution < 1.29 is 4.74 Å². The van der Waals surface area contributed by atoms with Crippen molar-refractivity contribution in [3.63, 3.8) is 0 Å². The topological polar surface area (TPSA) is 47.0 Å². The smallest absolute Gasteiger partial charge is 0.238 e. The minimum Gasteiger partial charge on any atom is -0.436 e. The lowest BCUT2D eigenvalue weighted by Gasteiger charge is -2.10. The number of rotatable bonds is 6. The largest absolute Gasteiger partial charge is 0.436 e. The predicted molar refractivity (Wildman–Crippen MR) is 87.8 cm³/mol. The summed E-state index contributed by atoms with van der Waals surface area (Å²) in [5.74, 6) is 1.58. The summed E-state index contributed by atoms with van der Waals surface area (Å²) in [5, 5.41) is 3.83. The third-order valence-electron chi connectivity index (χ3n) is 2.64. The van der Waals surface area contributed by atoms with Gasteiger partial charge >= 0.3 is 0 Å². The summed E-state index contributed by atoms with van der Waals surface area (Å²) >= 11 is 9.55. The molecule has 0 radical (unpaired) electrons. The summed E-state index contributed by atoms with van der Waals surface area (Å²) in [4.78, 5) is 8.30. The fraction of sp³-hybridized carbons (Fsp3) is 0.333. The molecule has 0 fully saturated rings. The molecule has 112 valence electrons. The molecule has 0 aliphatic rings. The molecule has 0 amide bonds. The lowest BCUT2D eigenvalue weighted by molar-refractivity contribution is 0.460. The van der Waals surface area contributed by atoms with E-state index in [1.54, 1.807) is 18.6 Å². The molecular weight excluding hydrogens is 354 g/mol. The van der Waals surface area contributed by atoms with Crippen LogP contribution in [0.1, 0.15) is 19.4 Å². The van der Waals surface area contributed by atoms with E-state index in [9.17, 15) is 0 Å². The van der Waals surface area contributed by atoms with Crippen molar-refractivity contribution in [2.75, 3.05) is 6.54 Å². The quantitative estimate of drug-likeness (QED) is 0.817. The van der Waals surface area contributed by atoms with Crippen LogP contribution in [-0.2, 0) is 6.54 Å². The zero-order chi connectivity index (χ0) is 15.2. The maximum atomic E-state index is 6.21. The van der Waals surface area contributed by atoms with Crippen LogP contribution >= 0.6 is 27.5 Å². The molecule has 0 unspecified atom stereocenters. The molecular formula is C15H17BrClN3O. The molecule has 0 aromatic carbocycles. The van der Waals surface area contributed by atoms with Gasteiger partial charge in [-0.25, -0.2) is 4.98 Å². The predicted octanol–water partition coefficient (Wildman–Crippen LogP) is 4.43. The summed E-state index contributed by atoms with van der Waals surface area (Å²) in [6.07, 6.45) is 5.06. The molecule has 2 heterocycles. The molecule has 4 nitrogen and oxygen atoms in total. The van der Waals surface area contributed by atoms with Crippen LogP contribution in [0.2, 0.25) is 5.02 Å². The summed E-state index contributed by atoms with van der Waals surface area (Å²) in [5.41, 5.74) is 1.03. The average Bonchev–Trinajstić information content (AvgIpc) is 2.41. The molecule has 0 bridgehead atoms. The van der Waals surface area contributed by atoms with Gasteiger partial charge in [0.2, 0.25) is 5.88 Å². The zero-order valence-electron chi connectivity index (χ0n) is 11.9. The molecule has 0 saturated heterocycles. The third kappa shape index (κ3) is 5.26. The van der Waals surface area contributed by atoms with E-state index in [-0.39, 0.29) is 0 Å². The van der Waals surface area contributed by atoms with Crippen molar-refractivity contribution in [1.29, 1.82) is 0 Å². The van der Waals surface area contributed by atoms with Crippen molar-refractivity contribution >= 4 is 27.5 Å². The highest BCUT2D eigenvalue weighted by Gasteiger charge is 2.07. The molecule has 1 N–H and O–H groups in total. The molecule has 2 aromatic heterocycles. The number of halogens is 2. The van der Waals surface area contributed by atoms with Crippen LogP contribution < -0.4 is 10.1 Å². The van der Waals surface area contributed by atoms with Gasteiger partial charge in [-0.2, -0.15) is 0 Å². The number of pyridine rings is 2. The maximum absolute atomic E-state index is 6.21. The lowest BCUT2D eigenvalue weighted by atomic mass is 10.2. The lowest BCUT2D eigenvalue weighted by Crippen LogP contribution is -2.19. The molecule has 0 saturated carbocycles. The van der Waals surface area contributed by atoms with Gasteiger partial charge in [0.15, 0.2) is 0 Å². The third-order valence-corrected chi connectivity index (χ3v) is 3.34. The zero-order valence-corrected chi connectivity index (χ0v) is 14.3. The Morgan fingerprint density at radius 2 is 2.10 bits per heavy atom. The minimum absolute atomic E-state index is 0.379. The van der Waals surface area contributed by atoms with Crippen LogP contribution in [0.3, 0.4) is 0 Å². The summed E-state index contributed by atoms with van der Waals surface area (Å²) < 4.78 is 6.47. The number of aromatic nitrogens is 2. The molecule has 6 heteroatoms. The van der Waals surface area contributed by atoms with Crippen molar-refractivity contribution in [3.05, 3.63) is 45.8 Å². The first kappa shape index (κ1) is 16.2. The van der Waals surface area contributed by atoms with Gasteiger partial charge in [0.25, 0.3) is 0 Å². The van der Waals surface area contributed by atoms with Crippen LogP contribution in [0, 0.1) is 5.92 Å². The van der Waals surface area contributed by atoms with Gasteiger partial charge in [-0.1, -0.05) is 25.4 Å². The first-order chi connectivity index (χ1) is 10.0. The van der Waals surface area contributed by atoms with Gasteiger partial charge in [-0.3, -0.25) is 4.98 Å². The molecule has 0 aliphatic carbocycles. The second-order valence-electron chi connectivity index (χ2n) is 5.10. The second-order valence-corrected chi connectivity index (χ2v) is 6.42. The van der Waals surface area contributed by atoms with E-state index in [1.807, 2.05) is 12.1 Å². The standard InChI is InChI=1S/C15H17BrClN3O/c1-10(2)5-18-6-11-3-14(17)15(20-7-11)21-13-4-12(16)8-19-9-13/h3-4,7-10,18H,5-6H2,1-2H3. The highest BCUT2D eigenvalue weighted by atomic mass is 79.9. The molecule has 2 aromatic rings. The van der Waals surface area contributed by atoms with E-state index in [2.05, 4.69) is 45.1 Å². The molecule has 0 spiro atoms. The van der Waals surface area contributed by atoms with Crippen LogP contribution in [-0.4, -0.2) is 16.5 Å². The number of hydrogen-bond acceptors (Lipinski definition) is 4. The van der Waals surface area contributed by atoms with Crippen molar-refractivity contribution in [2.24, 2.45) is 5.92 Å². The Bertz CT molecular complexity index is 607. The van der Waals surface area contributed by atoms with Gasteiger partial charge in [0, 0.05) is 23.4 Å². The van der Waals surface area contributed by atoms with Gasteiger partial charge in [-0.15, -0.1) is 0 Å². The van der Waals surface area contributed by atoms with E-state index in [1.165, 1.54) is 0 Å². The summed E-state index contributed by atoms with van der Waals surface area (Å²) in [6.45, 7) is 6.03. The summed E-state index contributed by atoms with van der Waals surface area (Å²) in [6, 6.07) is 3.67. The van der Waals surface area contributed by atoms with E-state index < -0.39 is 0 Å². The van der Waals surface area contributed by atoms with Crippen molar-refractivity contribution in [3.8, 4) is 11.6 Å². The van der Waals surface area contributed by atoms with Gasteiger partial charge < -0.3 is 10.1 Å². The fourth-order valence-electron chi connectivity index (χ4n) is 1.70. The number of nitrogens with zero attached hydrogens (tertiary/aromatic N) is 2. The Morgan fingerprint density at radius 3 is 2.76 bits per heavy atom. The van der Waals surface area contributed by atoms with Crippen LogP contribution in [0.4, 0.5) is 0 Å². The average molecular weight is 371 g/mol. The van der Waals surface area contributed by atoms with Gasteiger partial charge in [-0.05, 0) is 46.1 Å². The van der Waals surface area contributed by atoms with Crippen molar-refractivity contribution in [2.45, 2.75) is 20.4 Å². The molecule has 0 atom stereocenters. The normalized spacial score (nSPS) is 10.9. The Hall–Kier alpha value is -1.17. The monoisotopic (exact) mass is 369 g/mol. The highest BCUT2D eigenvalue weighted by Crippen LogP contribution is 2.28. The number of hydrogen-bond donors (Lipinski definition) is 1. The number of ether oxygens (including phenoxy) is 1. The Labute approximate surface area is 138 Å². The Kier molecular flexibility index (Phi) is 5.96. The van der Waals surface area contributed by atoms with E-state index in [4.69, 9.17) is 16.3 Å².